The van der Waals surface area contributed by atoms with Gasteiger partial charge >= 0.3 is 6.01 Å². The third-order valence-electron chi connectivity index (χ3n) is 9.74. The average molecular weight is 697 g/mol. The van der Waals surface area contributed by atoms with Gasteiger partial charge in [-0.25, -0.2) is 13.5 Å². The van der Waals surface area contributed by atoms with E-state index >= 15 is 4.39 Å². The highest BCUT2D eigenvalue weighted by molar-refractivity contribution is 7.23. The summed E-state index contributed by atoms with van der Waals surface area (Å²) in [4.78, 5) is 14.0. The molecule has 3 aromatic heterocycles. The quantitative estimate of drug-likeness (QED) is 0.211. The molecule has 0 amide bonds. The summed E-state index contributed by atoms with van der Waals surface area (Å²) in [5, 5.41) is 19.1. The van der Waals surface area contributed by atoms with Gasteiger partial charge in [-0.3, -0.25) is 4.90 Å². The van der Waals surface area contributed by atoms with Gasteiger partial charge in [0.05, 0.1) is 33.1 Å². The van der Waals surface area contributed by atoms with Gasteiger partial charge in [-0.2, -0.15) is 15.2 Å². The Kier molecular flexibility index (Phi) is 7.40. The third kappa shape index (κ3) is 4.87. The zero-order valence-electron chi connectivity index (χ0n) is 25.4. The second-order valence-corrected chi connectivity index (χ2v) is 14.5. The largest absolute Gasteiger partial charge is 0.461 e. The van der Waals surface area contributed by atoms with Crippen molar-refractivity contribution < 1.29 is 13.5 Å². The molecular weight excluding hydrogens is 667 g/mol. The lowest BCUT2D eigenvalue weighted by Crippen LogP contribution is -2.43. The first kappa shape index (κ1) is 30.5. The van der Waals surface area contributed by atoms with E-state index < -0.39 is 11.6 Å². The number of halogens is 4. The van der Waals surface area contributed by atoms with Crippen molar-refractivity contribution >= 4 is 66.3 Å². The van der Waals surface area contributed by atoms with E-state index in [9.17, 15) is 9.65 Å². The molecular formula is C32H29Cl2F2N9OS. The predicted octanol–water partition coefficient (Wildman–Crippen LogP) is 6.81. The molecule has 6 heterocycles. The van der Waals surface area contributed by atoms with E-state index in [4.69, 9.17) is 38.7 Å². The van der Waals surface area contributed by atoms with Crippen molar-refractivity contribution in [3.05, 3.63) is 51.3 Å². The number of nitriles is 1. The number of hydrogen-bond donors (Lipinski definition) is 1. The van der Waals surface area contributed by atoms with Crippen LogP contribution in [0, 0.1) is 28.9 Å². The lowest BCUT2D eigenvalue weighted by molar-refractivity contribution is 0.107. The number of nitrogens with two attached hydrogens (primary N) is 1. The highest BCUT2D eigenvalue weighted by Gasteiger charge is 2.47. The second-order valence-electron chi connectivity index (χ2n) is 12.7. The van der Waals surface area contributed by atoms with Crippen LogP contribution in [0.2, 0.25) is 10.2 Å². The third-order valence-corrected chi connectivity index (χ3v) is 11.4. The molecule has 0 bridgehead atoms. The Hall–Kier alpha value is -3.83. The monoisotopic (exact) mass is 695 g/mol. The first-order valence-electron chi connectivity index (χ1n) is 15.5. The number of aromatic nitrogens is 5. The maximum atomic E-state index is 17.0. The fourth-order valence-corrected chi connectivity index (χ4v) is 9.17. The van der Waals surface area contributed by atoms with Crippen molar-refractivity contribution in [3.63, 3.8) is 0 Å². The number of rotatable bonds is 5. The molecule has 0 aliphatic carbocycles. The fourth-order valence-electron chi connectivity index (χ4n) is 7.73. The Labute approximate surface area is 282 Å². The molecule has 47 heavy (non-hydrogen) atoms. The van der Waals surface area contributed by atoms with Crippen molar-refractivity contribution in [1.29, 1.82) is 5.26 Å². The number of hydrogen-bond acceptors (Lipinski definition) is 10. The molecule has 2 aromatic carbocycles. The standard InChI is InChI=1S/C32H29Cl2F2N9OS/c1-16-11-32(6-2-8-44(32)13-16)15-46-31-39-26-18(30(40-31)43-7-3-9-45-22(14-43)28(34)41-42-45)10-20(33)24(25(26)36)17-4-5-21(35)27-23(17)19(12-37)29(38)47-27/h4-5,10,16H,2-3,6-9,11,13-15,38H2,1H3/t16-,32+/m1/s1. The Morgan fingerprint density at radius 3 is 2.87 bits per heavy atom. The number of aryl methyl sites for hydroxylation is 1. The number of ether oxygens (including phenoxy) is 1. The molecule has 3 aliphatic rings. The van der Waals surface area contributed by atoms with Gasteiger partial charge in [-0.1, -0.05) is 41.4 Å². The molecule has 0 saturated carbocycles. The van der Waals surface area contributed by atoms with Crippen LogP contribution in [0.5, 0.6) is 6.01 Å². The summed E-state index contributed by atoms with van der Waals surface area (Å²) < 4.78 is 40.3. The van der Waals surface area contributed by atoms with E-state index in [-0.39, 0.29) is 59.0 Å². The van der Waals surface area contributed by atoms with E-state index in [0.717, 1.165) is 49.4 Å². The summed E-state index contributed by atoms with van der Waals surface area (Å²) in [6.45, 7) is 6.18. The highest BCUT2D eigenvalue weighted by atomic mass is 35.5. The molecule has 2 saturated heterocycles. The lowest BCUT2D eigenvalue weighted by Gasteiger charge is -2.31. The van der Waals surface area contributed by atoms with E-state index in [1.165, 1.54) is 12.1 Å². The molecule has 15 heteroatoms. The molecule has 5 aromatic rings. The van der Waals surface area contributed by atoms with Crippen LogP contribution in [0.15, 0.2) is 18.2 Å². The zero-order chi connectivity index (χ0) is 32.6. The summed E-state index contributed by atoms with van der Waals surface area (Å²) in [6, 6.07) is 6.35. The lowest BCUT2D eigenvalue weighted by atomic mass is 9.92. The van der Waals surface area contributed by atoms with Crippen LogP contribution in [0.25, 0.3) is 32.1 Å². The molecule has 3 aliphatic heterocycles. The van der Waals surface area contributed by atoms with E-state index in [1.807, 2.05) is 11.0 Å². The van der Waals surface area contributed by atoms with Gasteiger partial charge < -0.3 is 15.4 Å². The van der Waals surface area contributed by atoms with Gasteiger partial charge in [0.2, 0.25) is 0 Å². The van der Waals surface area contributed by atoms with Crippen LogP contribution in [0.3, 0.4) is 0 Å². The number of thiophene rings is 1. The van der Waals surface area contributed by atoms with E-state index in [1.54, 1.807) is 10.7 Å². The maximum Gasteiger partial charge on any atom is 0.319 e. The Bertz CT molecular complexity index is 2130. The topological polar surface area (TPSA) is 122 Å². The van der Waals surface area contributed by atoms with Crippen molar-refractivity contribution in [2.75, 3.05) is 36.9 Å². The molecule has 0 radical (unpaired) electrons. The first-order valence-corrected chi connectivity index (χ1v) is 17.1. The smallest absolute Gasteiger partial charge is 0.319 e. The minimum Gasteiger partial charge on any atom is -0.461 e. The molecule has 10 nitrogen and oxygen atoms in total. The summed E-state index contributed by atoms with van der Waals surface area (Å²) >= 11 is 14.2. The van der Waals surface area contributed by atoms with Gasteiger partial charge in [0.25, 0.3) is 0 Å². The second kappa shape index (κ2) is 11.4. The SMILES string of the molecule is C[C@H]1CN2CCC[C@@]2(COc2nc(N3CCCn4nnc(Cl)c4C3)c3cc(Cl)c(-c4ccc(F)c5sc(N)c(C#N)c45)c(F)c3n2)C1. The number of benzene rings is 2. The van der Waals surface area contributed by atoms with Crippen LogP contribution in [-0.4, -0.2) is 61.6 Å². The van der Waals surface area contributed by atoms with Crippen LogP contribution in [0.4, 0.5) is 19.6 Å². The normalized spacial score (nSPS) is 21.3. The highest BCUT2D eigenvalue weighted by Crippen LogP contribution is 2.46. The molecule has 0 spiro atoms. The fraction of sp³-hybridized carbons (Fsp3) is 0.406. The van der Waals surface area contributed by atoms with Crippen LogP contribution in [0.1, 0.15) is 43.9 Å². The molecule has 242 valence electrons. The molecule has 2 atom stereocenters. The molecule has 0 unspecified atom stereocenters. The summed E-state index contributed by atoms with van der Waals surface area (Å²) in [5.74, 6) is -0.316. The van der Waals surface area contributed by atoms with Gasteiger partial charge in [0.1, 0.15) is 34.8 Å². The van der Waals surface area contributed by atoms with Crippen molar-refractivity contribution in [2.24, 2.45) is 5.92 Å². The Balaban J connectivity index is 1.30. The molecule has 2 N–H and O–H groups in total. The minimum atomic E-state index is -0.739. The summed E-state index contributed by atoms with van der Waals surface area (Å²) in [7, 11) is 0. The van der Waals surface area contributed by atoms with Crippen molar-refractivity contribution in [3.8, 4) is 23.2 Å². The Morgan fingerprint density at radius 2 is 2.04 bits per heavy atom. The number of fused-ring (bicyclic) bond motifs is 4. The number of anilines is 2. The average Bonchev–Trinajstić information content (AvgIpc) is 3.73. The predicted molar refractivity (Wildman–Crippen MR) is 178 cm³/mol. The van der Waals surface area contributed by atoms with Crippen LogP contribution >= 0.6 is 34.5 Å². The van der Waals surface area contributed by atoms with Gasteiger partial charge in [-0.15, -0.1) is 16.4 Å². The van der Waals surface area contributed by atoms with E-state index in [0.29, 0.717) is 49.8 Å². The van der Waals surface area contributed by atoms with Crippen LogP contribution < -0.4 is 15.4 Å². The van der Waals surface area contributed by atoms with Gasteiger partial charge in [-0.05, 0) is 55.8 Å². The van der Waals surface area contributed by atoms with Gasteiger partial charge in [0, 0.05) is 36.0 Å². The zero-order valence-corrected chi connectivity index (χ0v) is 27.7. The Morgan fingerprint density at radius 1 is 1.19 bits per heavy atom. The summed E-state index contributed by atoms with van der Waals surface area (Å²) in [6.07, 6.45) is 3.83. The number of nitrogen functional groups attached to an aromatic ring is 1. The first-order chi connectivity index (χ1) is 22.7. The molecule has 8 rings (SSSR count). The van der Waals surface area contributed by atoms with Crippen molar-refractivity contribution in [2.45, 2.75) is 51.2 Å². The minimum absolute atomic E-state index is 0.00821. The van der Waals surface area contributed by atoms with E-state index in [2.05, 4.69) is 27.1 Å². The van der Waals surface area contributed by atoms with Crippen LogP contribution in [-0.2, 0) is 13.1 Å². The molecule has 2 fully saturated rings. The number of nitrogens with zero attached hydrogens (tertiary/aromatic N) is 8. The van der Waals surface area contributed by atoms with Gasteiger partial charge in [0.15, 0.2) is 11.0 Å². The maximum absolute atomic E-state index is 17.0. The summed E-state index contributed by atoms with van der Waals surface area (Å²) in [5.41, 5.74) is 6.99. The van der Waals surface area contributed by atoms with Crippen molar-refractivity contribution in [1.82, 2.24) is 29.9 Å².